The third-order valence-electron chi connectivity index (χ3n) is 6.36. The van der Waals surface area contributed by atoms with Crippen LogP contribution in [-0.4, -0.2) is 16.8 Å². The van der Waals surface area contributed by atoms with Crippen molar-refractivity contribution in [2.45, 2.75) is 38.0 Å². The van der Waals surface area contributed by atoms with Crippen molar-refractivity contribution in [1.29, 1.82) is 0 Å². The number of anilines is 1. The summed E-state index contributed by atoms with van der Waals surface area (Å²) in [4.78, 5) is 16.9. The van der Waals surface area contributed by atoms with Gasteiger partial charge in [-0.05, 0) is 48.6 Å². The lowest BCUT2D eigenvalue weighted by atomic mass is 9.71. The Morgan fingerprint density at radius 3 is 2.60 bits per heavy atom. The SMILES string of the molecule is C[C@@H](C(=O)Nc1ccc(Oc2ccc(F)cc2F)cn1)[C@H]1CCC(F)(F)[C@@H](c2cc[n+]([O-])cc2)C1. The molecule has 4 rings (SSSR count). The maximum atomic E-state index is 14.6. The van der Waals surface area contributed by atoms with Gasteiger partial charge in [-0.1, -0.05) is 6.92 Å². The van der Waals surface area contributed by atoms with Crippen LogP contribution < -0.4 is 14.8 Å². The molecule has 10 heteroatoms. The van der Waals surface area contributed by atoms with E-state index in [0.29, 0.717) is 16.4 Å². The molecule has 1 saturated carbocycles. The van der Waals surface area contributed by atoms with Crippen LogP contribution in [0.25, 0.3) is 0 Å². The van der Waals surface area contributed by atoms with Crippen LogP contribution in [0.4, 0.5) is 23.4 Å². The van der Waals surface area contributed by atoms with Gasteiger partial charge in [0.2, 0.25) is 5.91 Å². The summed E-state index contributed by atoms with van der Waals surface area (Å²) in [6.45, 7) is 1.69. The maximum absolute atomic E-state index is 14.6. The average Bonchev–Trinajstić information content (AvgIpc) is 2.82. The number of carbonyl (C=O) groups is 1. The van der Waals surface area contributed by atoms with Gasteiger partial charge in [-0.2, -0.15) is 4.73 Å². The van der Waals surface area contributed by atoms with Gasteiger partial charge in [-0.15, -0.1) is 0 Å². The van der Waals surface area contributed by atoms with Gasteiger partial charge in [0.25, 0.3) is 5.92 Å². The fourth-order valence-corrected chi connectivity index (χ4v) is 4.29. The Labute approximate surface area is 199 Å². The topological polar surface area (TPSA) is 78.2 Å². The van der Waals surface area contributed by atoms with Crippen LogP contribution in [0.1, 0.15) is 37.7 Å². The molecule has 0 aliphatic heterocycles. The molecule has 184 valence electrons. The number of nitrogens with zero attached hydrogens (tertiary/aromatic N) is 2. The first-order chi connectivity index (χ1) is 16.6. The van der Waals surface area contributed by atoms with Gasteiger partial charge in [0.1, 0.15) is 17.4 Å². The molecular weight excluding hydrogens is 466 g/mol. The fourth-order valence-electron chi connectivity index (χ4n) is 4.29. The molecule has 2 heterocycles. The summed E-state index contributed by atoms with van der Waals surface area (Å²) in [5.74, 6) is -6.60. The second kappa shape index (κ2) is 9.89. The van der Waals surface area contributed by atoms with Crippen LogP contribution in [-0.2, 0) is 4.79 Å². The molecule has 1 N–H and O–H groups in total. The molecule has 0 bridgehead atoms. The van der Waals surface area contributed by atoms with E-state index in [1.54, 1.807) is 6.92 Å². The Morgan fingerprint density at radius 2 is 1.94 bits per heavy atom. The van der Waals surface area contributed by atoms with E-state index in [1.807, 2.05) is 0 Å². The van der Waals surface area contributed by atoms with Gasteiger partial charge in [-0.25, -0.2) is 22.5 Å². The van der Waals surface area contributed by atoms with Gasteiger partial charge >= 0.3 is 0 Å². The summed E-state index contributed by atoms with van der Waals surface area (Å²) < 4.78 is 61.9. The molecule has 2 aromatic heterocycles. The lowest BCUT2D eigenvalue weighted by Gasteiger charge is -2.38. The van der Waals surface area contributed by atoms with Crippen molar-refractivity contribution in [3.63, 3.8) is 0 Å². The number of alkyl halides is 2. The highest BCUT2D eigenvalue weighted by Gasteiger charge is 2.47. The zero-order chi connectivity index (χ0) is 25.2. The van der Waals surface area contributed by atoms with E-state index in [1.165, 1.54) is 42.9 Å². The summed E-state index contributed by atoms with van der Waals surface area (Å²) in [5, 5.41) is 13.9. The highest BCUT2D eigenvalue weighted by Crippen LogP contribution is 2.48. The normalized spacial score (nSPS) is 20.1. The summed E-state index contributed by atoms with van der Waals surface area (Å²) in [6, 6.07) is 8.62. The van der Waals surface area contributed by atoms with Gasteiger partial charge in [0.05, 0.1) is 6.20 Å². The number of amides is 1. The van der Waals surface area contributed by atoms with Gasteiger partial charge < -0.3 is 15.3 Å². The van der Waals surface area contributed by atoms with Crippen molar-refractivity contribution >= 4 is 11.7 Å². The smallest absolute Gasteiger partial charge is 0.254 e. The van der Waals surface area contributed by atoms with Crippen LogP contribution in [0, 0.1) is 28.7 Å². The Hall–Kier alpha value is -3.69. The van der Waals surface area contributed by atoms with E-state index in [9.17, 15) is 27.6 Å². The number of rotatable bonds is 6. The van der Waals surface area contributed by atoms with Gasteiger partial charge in [0.15, 0.2) is 24.0 Å². The highest BCUT2D eigenvalue weighted by atomic mass is 19.3. The predicted octanol–water partition coefficient (Wildman–Crippen LogP) is 5.58. The van der Waals surface area contributed by atoms with Crippen molar-refractivity contribution < 1.29 is 31.8 Å². The van der Waals surface area contributed by atoms with Gasteiger partial charge in [0, 0.05) is 36.5 Å². The molecule has 0 saturated heterocycles. The number of ether oxygens (including phenoxy) is 1. The van der Waals surface area contributed by atoms with Crippen molar-refractivity contribution in [2.75, 3.05) is 5.32 Å². The largest absolute Gasteiger partial charge is 0.619 e. The molecular formula is C25H23F4N3O3. The first-order valence-electron chi connectivity index (χ1n) is 11.1. The van der Waals surface area contributed by atoms with E-state index in [-0.39, 0.29) is 48.4 Å². The van der Waals surface area contributed by atoms with Crippen molar-refractivity contribution in [2.24, 2.45) is 11.8 Å². The number of carbonyl (C=O) groups excluding carboxylic acids is 1. The number of hydrogen-bond donors (Lipinski definition) is 1. The molecule has 0 spiro atoms. The van der Waals surface area contributed by atoms with E-state index >= 15 is 0 Å². The molecule has 1 aliphatic carbocycles. The highest BCUT2D eigenvalue weighted by molar-refractivity contribution is 5.91. The summed E-state index contributed by atoms with van der Waals surface area (Å²) >= 11 is 0. The van der Waals surface area contributed by atoms with E-state index < -0.39 is 29.4 Å². The molecule has 35 heavy (non-hydrogen) atoms. The van der Waals surface area contributed by atoms with E-state index in [0.717, 1.165) is 12.1 Å². The minimum absolute atomic E-state index is 0.105. The molecule has 3 aromatic rings. The van der Waals surface area contributed by atoms with Crippen LogP contribution >= 0.6 is 0 Å². The van der Waals surface area contributed by atoms with Crippen molar-refractivity contribution in [3.8, 4) is 11.5 Å². The average molecular weight is 489 g/mol. The lowest BCUT2D eigenvalue weighted by Crippen LogP contribution is -2.38. The van der Waals surface area contributed by atoms with Crippen LogP contribution in [0.3, 0.4) is 0 Å². The summed E-state index contributed by atoms with van der Waals surface area (Å²) in [7, 11) is 0. The monoisotopic (exact) mass is 489 g/mol. The van der Waals surface area contributed by atoms with Crippen LogP contribution in [0.2, 0.25) is 0 Å². The molecule has 3 atom stereocenters. The fraction of sp³-hybridized carbons (Fsp3) is 0.320. The molecule has 0 unspecified atom stereocenters. The number of pyridine rings is 2. The molecule has 1 aromatic carbocycles. The summed E-state index contributed by atoms with van der Waals surface area (Å²) in [6.07, 6.45) is 3.60. The zero-order valence-corrected chi connectivity index (χ0v) is 18.8. The molecule has 1 fully saturated rings. The molecule has 6 nitrogen and oxygen atoms in total. The number of nitrogens with one attached hydrogen (secondary N) is 1. The number of halogens is 4. The molecule has 1 amide bonds. The lowest BCUT2D eigenvalue weighted by molar-refractivity contribution is -0.605. The maximum Gasteiger partial charge on any atom is 0.254 e. The zero-order valence-electron chi connectivity index (χ0n) is 18.8. The quantitative estimate of drug-likeness (QED) is 0.279. The Kier molecular flexibility index (Phi) is 6.90. The Bertz CT molecular complexity index is 1190. The summed E-state index contributed by atoms with van der Waals surface area (Å²) in [5.41, 5.74) is 0.370. The first-order valence-corrected chi connectivity index (χ1v) is 11.1. The predicted molar refractivity (Wildman–Crippen MR) is 119 cm³/mol. The van der Waals surface area contributed by atoms with E-state index in [2.05, 4.69) is 10.3 Å². The second-order valence-corrected chi connectivity index (χ2v) is 8.67. The third kappa shape index (κ3) is 5.70. The number of benzene rings is 1. The minimum Gasteiger partial charge on any atom is -0.619 e. The minimum atomic E-state index is -2.93. The van der Waals surface area contributed by atoms with E-state index in [4.69, 9.17) is 4.74 Å². The Morgan fingerprint density at radius 1 is 1.20 bits per heavy atom. The van der Waals surface area contributed by atoms with Crippen LogP contribution in [0.5, 0.6) is 11.5 Å². The standard InChI is InChI=1S/C25H23F4N3O3/c1-15(17-6-9-25(28,29)20(12-17)16-7-10-32(34)11-8-16)24(33)31-23-5-3-19(14-30-23)35-22-4-2-18(26)13-21(22)27/h2-5,7-8,10-11,13-15,17,20H,6,9,12H2,1H3,(H,30,31,33)/t15-,17+,20-/m1/s1. The van der Waals surface area contributed by atoms with Crippen LogP contribution in [0.15, 0.2) is 61.1 Å². The van der Waals surface area contributed by atoms with Crippen molar-refractivity contribution in [1.82, 2.24) is 4.98 Å². The number of hydrogen-bond acceptors (Lipinski definition) is 4. The second-order valence-electron chi connectivity index (χ2n) is 8.67. The first kappa shape index (κ1) is 24.4. The molecule has 1 aliphatic rings. The Balaban J connectivity index is 1.39. The van der Waals surface area contributed by atoms with Crippen molar-refractivity contribution in [3.05, 3.63) is 83.5 Å². The number of aromatic nitrogens is 2. The van der Waals surface area contributed by atoms with Gasteiger partial charge in [-0.3, -0.25) is 4.79 Å². The third-order valence-corrected chi connectivity index (χ3v) is 6.36. The molecule has 0 radical (unpaired) electrons.